The standard InChI is InChI=1S/C51H52ClN11O14S6.O3S/c1-29-22-41(59-62-48-32(4)36(28-53)50-54-37-14-15-47(83(74,75)76)33(5)49(37)63(50)51(48)64)44(77-16-6-7-19-80(65,66)67)25-38(29)57-60-42-24-31(3)40(27-46(42)79-18-9-21-82(71,72)73)58-61-43-23-30(2)39(56-55-35-12-10-34(52)11-13-35)26-45(43)78-17-8-20-81(68,69)70;1-4(2)3/h10-15,22-27,64H,6-9,16-21H2,1-5H3,(H,65,66,67)(H,68,69,70)(H,71,72,73)(H,74,75,76);. The number of hydrogen-bond acceptors (Lipinski definition) is 25. The van der Waals surface area contributed by atoms with E-state index in [0.29, 0.717) is 59.9 Å². The lowest BCUT2D eigenvalue weighted by Crippen LogP contribution is -2.06. The summed E-state index contributed by atoms with van der Waals surface area (Å²) < 4.78 is 164. The van der Waals surface area contributed by atoms with Crippen LogP contribution in [0, 0.1) is 45.9 Å². The number of hydrogen-bond donors (Lipinski definition) is 5. The fraction of sp³-hybridized carbons (Fsp3) is 0.294. The molecular formula is C51H52ClN11O17S7. The minimum Gasteiger partial charge on any atom is -0.493 e. The molecule has 36 heteroatoms. The Morgan fingerprint density at radius 2 is 1.06 bits per heavy atom. The van der Waals surface area contributed by atoms with Crippen LogP contribution in [0.5, 0.6) is 11.6 Å². The van der Waals surface area contributed by atoms with E-state index in [1.54, 1.807) is 69.3 Å². The number of pyridine rings is 1. The van der Waals surface area contributed by atoms with E-state index >= 15 is 0 Å². The van der Waals surface area contributed by atoms with Gasteiger partial charge in [-0.25, -0.2) is 4.98 Å². The fourth-order valence-electron chi connectivity index (χ4n) is 8.02. The summed E-state index contributed by atoms with van der Waals surface area (Å²) in [6.45, 7) is 8.04. The summed E-state index contributed by atoms with van der Waals surface area (Å²) in [6.07, 6.45) is 0.361. The van der Waals surface area contributed by atoms with Crippen LogP contribution in [0.4, 0.5) is 45.5 Å². The summed E-state index contributed by atoms with van der Waals surface area (Å²) >= 11 is 8.50. The molecule has 0 saturated heterocycles. The lowest BCUT2D eigenvalue weighted by molar-refractivity contribution is 0.310. The zero-order valence-electron chi connectivity index (χ0n) is 46.3. The van der Waals surface area contributed by atoms with Gasteiger partial charge in [-0.1, -0.05) is 11.6 Å². The van der Waals surface area contributed by atoms with Crippen LogP contribution in [0.25, 0.3) is 16.7 Å². The number of rotatable bonds is 25. The Balaban J connectivity index is 0.00000293. The molecule has 0 amide bonds. The molecule has 0 spiro atoms. The lowest BCUT2D eigenvalue weighted by atomic mass is 10.1. The maximum absolute atomic E-state index is 12.3. The molecule has 0 bridgehead atoms. The second-order valence-electron chi connectivity index (χ2n) is 18.7. The number of fused-ring (bicyclic) bond motifs is 3. The number of azo groups is 4. The molecule has 0 aliphatic heterocycles. The van der Waals surface area contributed by atoms with E-state index in [2.05, 4.69) is 52.0 Å². The van der Waals surface area contributed by atoms with E-state index in [4.69, 9.17) is 29.0 Å². The third-order valence-electron chi connectivity index (χ3n) is 12.2. The van der Waals surface area contributed by atoms with Gasteiger partial charge in [0.1, 0.15) is 23.1 Å². The second kappa shape index (κ2) is 29.7. The number of aromatic hydroxyl groups is 1. The van der Waals surface area contributed by atoms with Crippen molar-refractivity contribution in [2.45, 2.75) is 75.0 Å². The van der Waals surface area contributed by atoms with Crippen molar-refractivity contribution in [1.29, 1.82) is 5.26 Å². The van der Waals surface area contributed by atoms with E-state index in [1.165, 1.54) is 55.6 Å². The summed E-state index contributed by atoms with van der Waals surface area (Å²) in [5.74, 6) is -1.54. The van der Waals surface area contributed by atoms with Gasteiger partial charge in [-0.2, -0.15) is 59.4 Å². The second-order valence-corrected chi connectivity index (χ2v) is 27.9. The van der Waals surface area contributed by atoms with Gasteiger partial charge in [-0.15, -0.1) is 56.6 Å². The Morgan fingerprint density at radius 3 is 1.55 bits per heavy atom. The highest BCUT2D eigenvalue weighted by Crippen LogP contribution is 2.44. The zero-order valence-corrected chi connectivity index (χ0v) is 52.8. The van der Waals surface area contributed by atoms with E-state index < -0.39 is 79.1 Å². The van der Waals surface area contributed by atoms with Crippen molar-refractivity contribution in [2.75, 3.05) is 35.4 Å². The Bertz CT molecular complexity index is 4560. The highest BCUT2D eigenvalue weighted by Gasteiger charge is 2.25. The first-order valence-electron chi connectivity index (χ1n) is 25.2. The summed E-state index contributed by atoms with van der Waals surface area (Å²) in [4.78, 5) is 5.06. The summed E-state index contributed by atoms with van der Waals surface area (Å²) in [6, 6.07) is 21.1. The van der Waals surface area contributed by atoms with Gasteiger partial charge in [0.15, 0.2) is 11.3 Å². The number of ether oxygens (including phenoxy) is 1. The van der Waals surface area contributed by atoms with Crippen LogP contribution in [0.1, 0.15) is 59.1 Å². The normalized spacial score (nSPS) is 12.5. The first-order chi connectivity index (χ1) is 40.7. The quantitative estimate of drug-likeness (QED) is 0.0154. The lowest BCUT2D eigenvalue weighted by Gasteiger charge is -2.12. The van der Waals surface area contributed by atoms with Crippen LogP contribution in [0.3, 0.4) is 0 Å². The molecule has 0 saturated carbocycles. The molecule has 2 aromatic heterocycles. The van der Waals surface area contributed by atoms with Gasteiger partial charge in [0.25, 0.3) is 40.5 Å². The number of thioether (sulfide) groups is 2. The van der Waals surface area contributed by atoms with Crippen LogP contribution in [-0.2, 0) is 51.1 Å². The molecule has 0 fully saturated rings. The molecule has 0 aliphatic carbocycles. The van der Waals surface area contributed by atoms with E-state index in [0.717, 1.165) is 10.5 Å². The van der Waals surface area contributed by atoms with Crippen LogP contribution < -0.4 is 4.74 Å². The smallest absolute Gasteiger partial charge is 0.425 e. The van der Waals surface area contributed by atoms with Crippen LogP contribution >= 0.6 is 35.1 Å². The van der Waals surface area contributed by atoms with Gasteiger partial charge in [-0.05, 0) is 161 Å². The molecule has 5 N–H and O–H groups in total. The fourth-order valence-corrected chi connectivity index (χ4v) is 12.7. The average Bonchev–Trinajstić information content (AvgIpc) is 1.68. The summed E-state index contributed by atoms with van der Waals surface area (Å²) in [5.41, 5.74) is 4.37. The predicted molar refractivity (Wildman–Crippen MR) is 324 cm³/mol. The molecular weight excluding hydrogens is 1300 g/mol. The molecule has 7 rings (SSSR count). The maximum atomic E-state index is 12.3. The van der Waals surface area contributed by atoms with Gasteiger partial charge in [0, 0.05) is 26.4 Å². The topological polar surface area (TPSA) is 438 Å². The van der Waals surface area contributed by atoms with Gasteiger partial charge in [-0.3, -0.25) is 22.6 Å². The van der Waals surface area contributed by atoms with Crippen molar-refractivity contribution in [1.82, 2.24) is 9.38 Å². The largest absolute Gasteiger partial charge is 0.493 e. The molecule has 5 aromatic carbocycles. The number of nitriles is 1. The molecule has 2 heterocycles. The molecule has 87 heavy (non-hydrogen) atoms. The Labute approximate surface area is 514 Å². The van der Waals surface area contributed by atoms with Gasteiger partial charge in [0.05, 0.1) is 73.9 Å². The van der Waals surface area contributed by atoms with Crippen molar-refractivity contribution in [3.8, 4) is 17.7 Å². The molecule has 0 aliphatic rings. The number of aryl methyl sites for hydroxylation is 4. The number of imidazole rings is 1. The molecule has 0 unspecified atom stereocenters. The number of benzene rings is 5. The summed E-state index contributed by atoms with van der Waals surface area (Å²) in [5, 5.41) is 58.4. The van der Waals surface area contributed by atoms with Gasteiger partial charge >= 0.3 is 10.6 Å². The predicted octanol–water partition coefficient (Wildman–Crippen LogP) is 13.0. The summed E-state index contributed by atoms with van der Waals surface area (Å²) in [7, 11) is -20.6. The molecule has 462 valence electrons. The SMILES string of the molecule is Cc1cc(N=Nc2cc(SCCCS(=O)(=O)O)c(N=Nc3cc(OCCCCS(=O)(=O)O)c(N=Nc4c(C)c(C#N)c5nc6ccc(S(=O)(=O)O)c(C)c6n5c4O)cc3C)cc2C)c(SCCCS(=O)(=O)O)cc1N=Nc1ccc(Cl)cc1.O=S(=O)=O. The molecule has 28 nitrogen and oxygen atoms in total. The van der Waals surface area contributed by atoms with Crippen molar-refractivity contribution >= 4 is 148 Å². The van der Waals surface area contributed by atoms with Crippen LogP contribution in [0.2, 0.25) is 5.02 Å². The van der Waals surface area contributed by atoms with E-state index in [1.807, 2.05) is 0 Å². The Morgan fingerprint density at radius 1 is 0.598 bits per heavy atom. The van der Waals surface area contributed by atoms with Crippen molar-refractivity contribution in [3.05, 3.63) is 111 Å². The van der Waals surface area contributed by atoms with Gasteiger partial charge in [0.2, 0.25) is 5.88 Å². The minimum absolute atomic E-state index is 0.0214. The maximum Gasteiger partial charge on any atom is 0.425 e. The van der Waals surface area contributed by atoms with Crippen molar-refractivity contribution < 1.29 is 74.4 Å². The average molecular weight is 1350 g/mol. The van der Waals surface area contributed by atoms with Crippen LogP contribution in [0.15, 0.2) is 128 Å². The Kier molecular flexibility index (Phi) is 23.5. The van der Waals surface area contributed by atoms with Crippen LogP contribution in [-0.4, -0.2) is 114 Å². The molecule has 7 aromatic rings. The van der Waals surface area contributed by atoms with Gasteiger partial charge < -0.3 is 9.84 Å². The van der Waals surface area contributed by atoms with E-state index in [9.17, 15) is 62.3 Å². The van der Waals surface area contributed by atoms with E-state index in [-0.39, 0.29) is 100.0 Å². The highest BCUT2D eigenvalue weighted by atomic mass is 35.5. The number of halogens is 1. The monoisotopic (exact) mass is 1350 g/mol. The first-order valence-corrected chi connectivity index (χ1v) is 34.8. The highest BCUT2D eigenvalue weighted by molar-refractivity contribution is 7.99. The number of unbranched alkanes of at least 4 members (excludes halogenated alkanes) is 1. The molecule has 0 atom stereocenters. The zero-order chi connectivity index (χ0) is 64.2. The van der Waals surface area contributed by atoms with Crippen molar-refractivity contribution in [2.24, 2.45) is 40.9 Å². The molecule has 0 radical (unpaired) electrons. The third-order valence-corrected chi connectivity index (χ3v) is 18.1. The number of nitrogens with zero attached hydrogens (tertiary/aromatic N) is 11. The first kappa shape index (κ1) is 68.9. The minimum atomic E-state index is -4.72. The third kappa shape index (κ3) is 19.9. The Hall–Kier alpha value is -7.21. The number of aromatic nitrogens is 2. The van der Waals surface area contributed by atoms with Crippen molar-refractivity contribution in [3.63, 3.8) is 0 Å².